The molecule has 1 aliphatic rings. The molecule has 3 heterocycles. The Labute approximate surface area is 167 Å². The van der Waals surface area contributed by atoms with Gasteiger partial charge in [0.2, 0.25) is 0 Å². The third-order valence-electron chi connectivity index (χ3n) is 4.77. The Morgan fingerprint density at radius 3 is 2.52 bits per heavy atom. The van der Waals surface area contributed by atoms with E-state index in [1.807, 2.05) is 12.1 Å². The summed E-state index contributed by atoms with van der Waals surface area (Å²) in [6, 6.07) is 25.1. The zero-order valence-corrected chi connectivity index (χ0v) is 16.1. The molecule has 1 N–H and O–H groups in total. The van der Waals surface area contributed by atoms with E-state index in [2.05, 4.69) is 71.4 Å². The molecule has 130 valence electrons. The minimum absolute atomic E-state index is 0.689. The number of thiophene rings is 1. The number of rotatable bonds is 2. The van der Waals surface area contributed by atoms with Gasteiger partial charge in [0, 0.05) is 28.1 Å². The Morgan fingerprint density at radius 1 is 0.889 bits per heavy atom. The molecular weight excluding hydrogens is 368 g/mol. The molecule has 0 unspecified atom stereocenters. The summed E-state index contributed by atoms with van der Waals surface area (Å²) in [5.41, 5.74) is 7.66. The molecule has 0 bridgehead atoms. The van der Waals surface area contributed by atoms with Gasteiger partial charge in [-0.15, -0.1) is 11.3 Å². The topological polar surface area (TPSA) is 24.9 Å². The molecule has 4 heteroatoms. The monoisotopic (exact) mass is 384 g/mol. The van der Waals surface area contributed by atoms with Crippen molar-refractivity contribution in [3.8, 4) is 33.0 Å². The van der Waals surface area contributed by atoms with Crippen LogP contribution in [0.1, 0.15) is 5.56 Å². The van der Waals surface area contributed by atoms with Gasteiger partial charge in [-0.3, -0.25) is 0 Å². The van der Waals surface area contributed by atoms with E-state index in [1.54, 1.807) is 11.3 Å². The number of pyridine rings is 1. The van der Waals surface area contributed by atoms with Crippen LogP contribution < -0.4 is 5.32 Å². The van der Waals surface area contributed by atoms with Crippen molar-refractivity contribution in [3.63, 3.8) is 0 Å². The lowest BCUT2D eigenvalue weighted by Gasteiger charge is -2.14. The Kier molecular flexibility index (Phi) is 4.07. The highest BCUT2D eigenvalue weighted by Crippen LogP contribution is 2.40. The Balaban J connectivity index is 1.85. The molecule has 0 atom stereocenters. The molecule has 27 heavy (non-hydrogen) atoms. The van der Waals surface area contributed by atoms with Crippen molar-refractivity contribution in [3.05, 3.63) is 83.7 Å². The molecule has 0 amide bonds. The number of benzene rings is 2. The maximum Gasteiger partial charge on any atom is 0.0842 e. The van der Waals surface area contributed by atoms with E-state index in [0.29, 0.717) is 6.42 Å². The zero-order chi connectivity index (χ0) is 18.2. The van der Waals surface area contributed by atoms with Crippen molar-refractivity contribution in [2.45, 2.75) is 6.42 Å². The van der Waals surface area contributed by atoms with Crippen molar-refractivity contribution >= 4 is 34.2 Å². The van der Waals surface area contributed by atoms with E-state index in [0.717, 1.165) is 33.2 Å². The fourth-order valence-corrected chi connectivity index (χ4v) is 4.56. The Hall–Kier alpha value is -2.82. The minimum atomic E-state index is 0.689. The molecule has 0 saturated carbocycles. The lowest BCUT2D eigenvalue weighted by Crippen LogP contribution is -2.10. The lowest BCUT2D eigenvalue weighted by atomic mass is 9.95. The number of hydrogen-bond donors (Lipinski definition) is 1. The van der Waals surface area contributed by atoms with Crippen LogP contribution in [0.2, 0.25) is 0 Å². The Morgan fingerprint density at radius 2 is 1.70 bits per heavy atom. The van der Waals surface area contributed by atoms with Gasteiger partial charge in [-0.05, 0) is 34.7 Å². The third kappa shape index (κ3) is 2.97. The van der Waals surface area contributed by atoms with Crippen LogP contribution in [-0.2, 0) is 6.42 Å². The van der Waals surface area contributed by atoms with Crippen LogP contribution in [0.5, 0.6) is 0 Å². The second-order valence-corrected chi connectivity index (χ2v) is 7.94. The number of aromatic nitrogens is 1. The third-order valence-corrected chi connectivity index (χ3v) is 5.92. The minimum Gasteiger partial charge on any atom is -0.349 e. The standard InChI is InChI=1S/C23H16N2S2/c26-22-14-18-17(21-11-6-12-27-21)13-20(15-7-2-1-3-8-15)25-23(18)16-9-4-5-10-19(16)24-22/h1-13H,14H2,(H,24,26). The van der Waals surface area contributed by atoms with E-state index in [-0.39, 0.29) is 0 Å². The predicted octanol–water partition coefficient (Wildman–Crippen LogP) is 6.44. The molecule has 0 radical (unpaired) electrons. The molecule has 2 aromatic heterocycles. The van der Waals surface area contributed by atoms with Gasteiger partial charge < -0.3 is 5.32 Å². The molecule has 5 rings (SSSR count). The maximum absolute atomic E-state index is 5.62. The van der Waals surface area contributed by atoms with Crippen LogP contribution in [-0.4, -0.2) is 9.97 Å². The van der Waals surface area contributed by atoms with E-state index < -0.39 is 0 Å². The first kappa shape index (κ1) is 16.4. The number of hydrogen-bond acceptors (Lipinski definition) is 3. The summed E-state index contributed by atoms with van der Waals surface area (Å²) in [7, 11) is 0. The van der Waals surface area contributed by atoms with Crippen molar-refractivity contribution in [1.82, 2.24) is 4.98 Å². The van der Waals surface area contributed by atoms with Gasteiger partial charge in [-0.25, -0.2) is 4.98 Å². The van der Waals surface area contributed by atoms with Gasteiger partial charge >= 0.3 is 0 Å². The van der Waals surface area contributed by atoms with Crippen LogP contribution in [0, 0.1) is 0 Å². The van der Waals surface area contributed by atoms with Gasteiger partial charge in [-0.2, -0.15) is 0 Å². The normalized spacial score (nSPS) is 12.7. The zero-order valence-electron chi connectivity index (χ0n) is 14.5. The lowest BCUT2D eigenvalue weighted by molar-refractivity contribution is 1.25. The van der Waals surface area contributed by atoms with Gasteiger partial charge in [0.1, 0.15) is 0 Å². The fourth-order valence-electron chi connectivity index (χ4n) is 3.54. The van der Waals surface area contributed by atoms with Crippen LogP contribution in [0.4, 0.5) is 5.69 Å². The van der Waals surface area contributed by atoms with Crippen molar-refractivity contribution in [2.75, 3.05) is 5.32 Å². The van der Waals surface area contributed by atoms with Crippen LogP contribution in [0.25, 0.3) is 33.0 Å². The predicted molar refractivity (Wildman–Crippen MR) is 118 cm³/mol. The molecule has 2 aromatic carbocycles. The fraction of sp³-hybridized carbons (Fsp3) is 0.0435. The highest BCUT2D eigenvalue weighted by Gasteiger charge is 2.23. The number of para-hydroxylation sites is 1. The summed E-state index contributed by atoms with van der Waals surface area (Å²) in [6.07, 6.45) is 0.689. The van der Waals surface area contributed by atoms with Crippen molar-refractivity contribution in [1.29, 1.82) is 0 Å². The van der Waals surface area contributed by atoms with Gasteiger partial charge in [0.25, 0.3) is 0 Å². The summed E-state index contributed by atoms with van der Waals surface area (Å²) in [6.45, 7) is 0. The van der Waals surface area contributed by atoms with Crippen LogP contribution in [0.3, 0.4) is 0 Å². The van der Waals surface area contributed by atoms with E-state index in [4.69, 9.17) is 17.2 Å². The SMILES string of the molecule is S=C1Cc2c(-c3cccs3)cc(-c3ccccc3)nc2-c2ccccc2N1. The molecular formula is C23H16N2S2. The number of fused-ring (bicyclic) bond motifs is 3. The van der Waals surface area contributed by atoms with Crippen LogP contribution >= 0.6 is 23.6 Å². The second kappa shape index (κ2) is 6.72. The van der Waals surface area contributed by atoms with E-state index in [1.165, 1.54) is 16.0 Å². The van der Waals surface area contributed by atoms with E-state index >= 15 is 0 Å². The van der Waals surface area contributed by atoms with Gasteiger partial charge in [-0.1, -0.05) is 66.8 Å². The largest absolute Gasteiger partial charge is 0.349 e. The molecule has 0 aliphatic carbocycles. The summed E-state index contributed by atoms with van der Waals surface area (Å²) in [5, 5.41) is 5.51. The first-order valence-electron chi connectivity index (χ1n) is 8.82. The summed E-state index contributed by atoms with van der Waals surface area (Å²) in [5.74, 6) is 0. The van der Waals surface area contributed by atoms with Crippen molar-refractivity contribution in [2.24, 2.45) is 0 Å². The summed E-state index contributed by atoms with van der Waals surface area (Å²) < 4.78 is 0. The molecule has 2 nitrogen and oxygen atoms in total. The van der Waals surface area contributed by atoms with Crippen LogP contribution in [0.15, 0.2) is 78.2 Å². The molecule has 0 saturated heterocycles. The Bertz CT molecular complexity index is 1130. The quantitative estimate of drug-likeness (QED) is 0.403. The first-order valence-corrected chi connectivity index (χ1v) is 10.1. The summed E-state index contributed by atoms with van der Waals surface area (Å²) in [4.78, 5) is 7.17. The van der Waals surface area contributed by atoms with E-state index in [9.17, 15) is 0 Å². The summed E-state index contributed by atoms with van der Waals surface area (Å²) >= 11 is 7.38. The number of anilines is 1. The molecule has 0 fully saturated rings. The second-order valence-electron chi connectivity index (χ2n) is 6.50. The molecule has 0 spiro atoms. The first-order chi connectivity index (χ1) is 13.3. The molecule has 4 aromatic rings. The average Bonchev–Trinajstić information content (AvgIpc) is 3.19. The highest BCUT2D eigenvalue weighted by molar-refractivity contribution is 7.80. The average molecular weight is 385 g/mol. The molecule has 1 aliphatic heterocycles. The highest BCUT2D eigenvalue weighted by atomic mass is 32.1. The maximum atomic E-state index is 5.62. The number of nitrogens with one attached hydrogen (secondary N) is 1. The van der Waals surface area contributed by atoms with Crippen molar-refractivity contribution < 1.29 is 0 Å². The number of nitrogens with zero attached hydrogens (tertiary/aromatic N) is 1. The van der Waals surface area contributed by atoms with Gasteiger partial charge in [0.05, 0.1) is 16.4 Å². The smallest absolute Gasteiger partial charge is 0.0842 e. The number of thiocarbonyl (C=S) groups is 1. The van der Waals surface area contributed by atoms with Gasteiger partial charge in [0.15, 0.2) is 0 Å².